The lowest BCUT2D eigenvalue weighted by Gasteiger charge is -2.16. The molecule has 1 aromatic rings. The van der Waals surface area contributed by atoms with Crippen LogP contribution in [0.15, 0.2) is 17.3 Å². The second kappa shape index (κ2) is 4.06. The highest BCUT2D eigenvalue weighted by atomic mass is 32.1. The molecule has 1 atom stereocenters. The Bertz CT molecular complexity index is 445. The van der Waals surface area contributed by atoms with Crippen molar-refractivity contribution in [1.82, 2.24) is 5.32 Å². The molecule has 0 bridgehead atoms. The van der Waals surface area contributed by atoms with E-state index in [9.17, 15) is 0 Å². The summed E-state index contributed by atoms with van der Waals surface area (Å²) in [6, 6.07) is 0.256. The van der Waals surface area contributed by atoms with Crippen LogP contribution in [-0.2, 0) is 12.8 Å². The zero-order chi connectivity index (χ0) is 11.0. The standard InChI is InChI=1S/C13H16N2S/c1-9-10-4-2-3-5-11(10)13(16-9)12-6-7-14-8-15-12/h6-8,12H,2-5H2,1H3,(H,14,15). The first-order valence-electron chi connectivity index (χ1n) is 5.91. The minimum atomic E-state index is 0.256. The van der Waals surface area contributed by atoms with Crippen LogP contribution in [0.25, 0.3) is 0 Å². The van der Waals surface area contributed by atoms with Crippen molar-refractivity contribution in [2.24, 2.45) is 4.99 Å². The van der Waals surface area contributed by atoms with Crippen LogP contribution < -0.4 is 5.32 Å². The van der Waals surface area contributed by atoms with E-state index in [-0.39, 0.29) is 6.04 Å². The smallest absolute Gasteiger partial charge is 0.106 e. The molecule has 1 aliphatic carbocycles. The molecule has 84 valence electrons. The molecule has 3 heteroatoms. The Morgan fingerprint density at radius 2 is 2.12 bits per heavy atom. The van der Waals surface area contributed by atoms with Gasteiger partial charge in [-0.05, 0) is 49.8 Å². The van der Waals surface area contributed by atoms with E-state index in [1.807, 2.05) is 17.5 Å². The molecule has 0 saturated carbocycles. The van der Waals surface area contributed by atoms with Gasteiger partial charge >= 0.3 is 0 Å². The van der Waals surface area contributed by atoms with E-state index in [0.29, 0.717) is 0 Å². The van der Waals surface area contributed by atoms with Crippen LogP contribution in [0.2, 0.25) is 0 Å². The number of fused-ring (bicyclic) bond motifs is 1. The maximum absolute atomic E-state index is 4.51. The molecule has 2 aliphatic rings. The maximum atomic E-state index is 4.51. The third kappa shape index (κ3) is 1.59. The minimum Gasteiger partial charge on any atom is -0.353 e. The highest BCUT2D eigenvalue weighted by Gasteiger charge is 2.22. The summed E-state index contributed by atoms with van der Waals surface area (Å²) in [5.74, 6) is 0. The number of aliphatic imine (C=N–C) groups is 1. The van der Waals surface area contributed by atoms with Crippen molar-refractivity contribution in [3.8, 4) is 0 Å². The predicted octanol–water partition coefficient (Wildman–Crippen LogP) is 3.12. The first-order valence-corrected chi connectivity index (χ1v) is 6.73. The minimum absolute atomic E-state index is 0.256. The fraction of sp³-hybridized carbons (Fsp3) is 0.462. The summed E-state index contributed by atoms with van der Waals surface area (Å²) in [5, 5.41) is 3.00. The average Bonchev–Trinajstić information content (AvgIpc) is 2.69. The molecule has 1 aliphatic heterocycles. The number of hydrogen-bond acceptors (Lipinski definition) is 3. The first kappa shape index (κ1) is 10.1. The Morgan fingerprint density at radius 3 is 2.88 bits per heavy atom. The molecule has 3 rings (SSSR count). The molecule has 0 radical (unpaired) electrons. The van der Waals surface area contributed by atoms with Gasteiger partial charge in [0.25, 0.3) is 0 Å². The van der Waals surface area contributed by atoms with Gasteiger partial charge in [0.15, 0.2) is 0 Å². The van der Waals surface area contributed by atoms with Gasteiger partial charge in [-0.25, -0.2) is 0 Å². The Labute approximate surface area is 100 Å². The van der Waals surface area contributed by atoms with Crippen LogP contribution in [0.4, 0.5) is 0 Å². The van der Waals surface area contributed by atoms with Gasteiger partial charge in [0.2, 0.25) is 0 Å². The molecular weight excluding hydrogens is 216 g/mol. The quantitative estimate of drug-likeness (QED) is 0.790. The zero-order valence-electron chi connectivity index (χ0n) is 9.49. The molecule has 0 aromatic carbocycles. The lowest BCUT2D eigenvalue weighted by molar-refractivity contribution is 0.678. The van der Waals surface area contributed by atoms with Crippen LogP contribution in [-0.4, -0.2) is 6.34 Å². The molecule has 1 N–H and O–H groups in total. The Kier molecular flexibility index (Phi) is 2.56. The number of rotatable bonds is 1. The number of thiophene rings is 1. The van der Waals surface area contributed by atoms with E-state index in [0.717, 1.165) is 0 Å². The van der Waals surface area contributed by atoms with Crippen molar-refractivity contribution in [2.45, 2.75) is 38.6 Å². The summed E-state index contributed by atoms with van der Waals surface area (Å²) in [6.07, 6.45) is 11.2. The van der Waals surface area contributed by atoms with Gasteiger partial charge in [0.1, 0.15) is 6.04 Å². The highest BCUT2D eigenvalue weighted by molar-refractivity contribution is 7.12. The summed E-state index contributed by atoms with van der Waals surface area (Å²) in [5.41, 5.74) is 3.22. The van der Waals surface area contributed by atoms with E-state index in [1.54, 1.807) is 17.5 Å². The van der Waals surface area contributed by atoms with Crippen molar-refractivity contribution in [2.75, 3.05) is 0 Å². The fourth-order valence-electron chi connectivity index (χ4n) is 2.61. The van der Waals surface area contributed by atoms with Crippen molar-refractivity contribution in [1.29, 1.82) is 0 Å². The highest BCUT2D eigenvalue weighted by Crippen LogP contribution is 2.39. The largest absolute Gasteiger partial charge is 0.353 e. The summed E-state index contributed by atoms with van der Waals surface area (Å²) in [6.45, 7) is 2.26. The second-order valence-electron chi connectivity index (χ2n) is 4.44. The van der Waals surface area contributed by atoms with Gasteiger partial charge < -0.3 is 5.32 Å². The number of nitrogens with one attached hydrogen (secondary N) is 1. The van der Waals surface area contributed by atoms with Gasteiger partial charge in [-0.1, -0.05) is 0 Å². The predicted molar refractivity (Wildman–Crippen MR) is 69.2 cm³/mol. The molecular formula is C13H16N2S. The van der Waals surface area contributed by atoms with Crippen LogP contribution in [0, 0.1) is 6.92 Å². The molecule has 2 nitrogen and oxygen atoms in total. The van der Waals surface area contributed by atoms with E-state index < -0.39 is 0 Å². The molecule has 0 spiro atoms. The Hall–Kier alpha value is -1.09. The molecule has 0 fully saturated rings. The van der Waals surface area contributed by atoms with Crippen molar-refractivity contribution in [3.63, 3.8) is 0 Å². The fourth-order valence-corrected chi connectivity index (χ4v) is 3.90. The van der Waals surface area contributed by atoms with E-state index in [1.165, 1.54) is 35.4 Å². The lowest BCUT2D eigenvalue weighted by atomic mass is 9.91. The van der Waals surface area contributed by atoms with E-state index >= 15 is 0 Å². The third-order valence-corrected chi connectivity index (χ3v) is 4.67. The molecule has 1 unspecified atom stereocenters. The number of aryl methyl sites for hydroxylation is 1. The molecule has 2 heterocycles. The summed E-state index contributed by atoms with van der Waals surface area (Å²) in [7, 11) is 0. The molecule has 0 saturated heterocycles. The van der Waals surface area contributed by atoms with Crippen LogP contribution in [0.1, 0.15) is 39.8 Å². The van der Waals surface area contributed by atoms with Crippen molar-refractivity contribution >= 4 is 17.7 Å². The Balaban J connectivity index is 2.03. The van der Waals surface area contributed by atoms with Crippen molar-refractivity contribution < 1.29 is 0 Å². The van der Waals surface area contributed by atoms with Crippen LogP contribution in [0.5, 0.6) is 0 Å². The molecule has 0 amide bonds. The SMILES string of the molecule is Cc1sc(C2C=CNC=N2)c2c1CCCC2. The van der Waals surface area contributed by atoms with Gasteiger partial charge in [0, 0.05) is 16.0 Å². The van der Waals surface area contributed by atoms with E-state index in [2.05, 4.69) is 23.3 Å². The normalized spacial score (nSPS) is 22.9. The molecule has 16 heavy (non-hydrogen) atoms. The molecule has 1 aromatic heterocycles. The van der Waals surface area contributed by atoms with Gasteiger partial charge in [-0.15, -0.1) is 11.3 Å². The zero-order valence-corrected chi connectivity index (χ0v) is 10.3. The van der Waals surface area contributed by atoms with Gasteiger partial charge in [0.05, 0.1) is 6.34 Å². The van der Waals surface area contributed by atoms with Gasteiger partial charge in [-0.2, -0.15) is 0 Å². The maximum Gasteiger partial charge on any atom is 0.106 e. The van der Waals surface area contributed by atoms with E-state index in [4.69, 9.17) is 0 Å². The lowest BCUT2D eigenvalue weighted by Crippen LogP contribution is -2.10. The average molecular weight is 232 g/mol. The monoisotopic (exact) mass is 232 g/mol. The van der Waals surface area contributed by atoms with Crippen molar-refractivity contribution in [3.05, 3.63) is 33.2 Å². The first-order chi connectivity index (χ1) is 7.86. The van der Waals surface area contributed by atoms with Crippen LogP contribution >= 0.6 is 11.3 Å². The summed E-state index contributed by atoms with van der Waals surface area (Å²) < 4.78 is 0. The topological polar surface area (TPSA) is 24.4 Å². The second-order valence-corrected chi connectivity index (χ2v) is 5.69. The summed E-state index contributed by atoms with van der Waals surface area (Å²) >= 11 is 1.94. The van der Waals surface area contributed by atoms with Gasteiger partial charge in [-0.3, -0.25) is 4.99 Å². The third-order valence-electron chi connectivity index (χ3n) is 3.41. The Morgan fingerprint density at radius 1 is 1.31 bits per heavy atom. The van der Waals surface area contributed by atoms with Crippen LogP contribution in [0.3, 0.4) is 0 Å². The summed E-state index contributed by atoms with van der Waals surface area (Å²) in [4.78, 5) is 7.49. The number of hydrogen-bond donors (Lipinski definition) is 1. The number of nitrogens with zero attached hydrogens (tertiary/aromatic N) is 1.